The highest BCUT2D eigenvalue weighted by molar-refractivity contribution is 5.97. The number of carbonyl (C=O) groups excluding carboxylic acids is 1. The molecule has 0 N–H and O–H groups in total. The molecule has 0 saturated carbocycles. The Balaban J connectivity index is 1.57. The second-order valence-corrected chi connectivity index (χ2v) is 10.0. The van der Waals surface area contributed by atoms with Gasteiger partial charge in [0.2, 0.25) is 5.91 Å². The lowest BCUT2D eigenvalue weighted by atomic mass is 9.81. The van der Waals surface area contributed by atoms with Crippen molar-refractivity contribution in [1.82, 2.24) is 0 Å². The number of hydrogen-bond acceptors (Lipinski definition) is 3. The van der Waals surface area contributed by atoms with Gasteiger partial charge in [-0.05, 0) is 84.6 Å². The molecular weight excluding hydrogens is 446 g/mol. The fraction of sp³-hybridized carbons (Fsp3) is 0.406. The number of rotatable bonds is 9. The molecule has 0 saturated heterocycles. The van der Waals surface area contributed by atoms with Gasteiger partial charge in [-0.3, -0.25) is 4.79 Å². The number of ether oxygens (including phenoxy) is 2. The monoisotopic (exact) mass is 485 g/mol. The molecule has 0 radical (unpaired) electrons. The summed E-state index contributed by atoms with van der Waals surface area (Å²) in [5.74, 6) is 1.39. The van der Waals surface area contributed by atoms with Crippen LogP contribution >= 0.6 is 0 Å². The van der Waals surface area contributed by atoms with Crippen molar-refractivity contribution in [3.63, 3.8) is 0 Å². The van der Waals surface area contributed by atoms with Gasteiger partial charge in [0.15, 0.2) is 0 Å². The standard InChI is InChI=1S/C32H39NO3/c1-23(2)25-12-15-27(16-13-25)33(22-6-7-24-10-17-28(35-3)18-11-24)32(34)31-9-5-8-26-14-19-29(36-4)20-21-30(26)31/h10-21,23,29,31H,5-9,22H2,1-4H3. The van der Waals surface area contributed by atoms with E-state index in [4.69, 9.17) is 9.47 Å². The van der Waals surface area contributed by atoms with Crippen LogP contribution in [0.3, 0.4) is 0 Å². The van der Waals surface area contributed by atoms with Gasteiger partial charge in [-0.2, -0.15) is 0 Å². The predicted molar refractivity (Wildman–Crippen MR) is 148 cm³/mol. The fourth-order valence-corrected chi connectivity index (χ4v) is 5.14. The molecule has 2 atom stereocenters. The van der Waals surface area contributed by atoms with Gasteiger partial charge in [-0.25, -0.2) is 0 Å². The molecule has 2 aromatic rings. The van der Waals surface area contributed by atoms with Gasteiger partial charge < -0.3 is 14.4 Å². The SMILES string of the molecule is COc1ccc(CCCN(C(=O)C2CCCC3=C2C=CC(OC)C=C3)c2ccc(C(C)C)cc2)cc1. The largest absolute Gasteiger partial charge is 0.497 e. The maximum Gasteiger partial charge on any atom is 0.234 e. The zero-order chi connectivity index (χ0) is 25.5. The second-order valence-electron chi connectivity index (χ2n) is 10.0. The van der Waals surface area contributed by atoms with Crippen LogP contribution in [0.15, 0.2) is 84.0 Å². The molecule has 2 unspecified atom stereocenters. The van der Waals surface area contributed by atoms with E-state index in [0.717, 1.165) is 49.1 Å². The Morgan fingerprint density at radius 1 is 1.00 bits per heavy atom. The number of aryl methyl sites for hydroxylation is 1. The first-order chi connectivity index (χ1) is 17.5. The predicted octanol–water partition coefficient (Wildman–Crippen LogP) is 7.02. The molecule has 190 valence electrons. The molecular formula is C32H39NO3. The van der Waals surface area contributed by atoms with Crippen molar-refractivity contribution in [2.24, 2.45) is 5.92 Å². The van der Waals surface area contributed by atoms with E-state index in [2.05, 4.69) is 74.5 Å². The summed E-state index contributed by atoms with van der Waals surface area (Å²) in [6.07, 6.45) is 13.1. The average molecular weight is 486 g/mol. The highest BCUT2D eigenvalue weighted by Crippen LogP contribution is 2.36. The Hall–Kier alpha value is -3.11. The third-order valence-corrected chi connectivity index (χ3v) is 7.35. The zero-order valence-corrected chi connectivity index (χ0v) is 22.1. The van der Waals surface area contributed by atoms with E-state index in [-0.39, 0.29) is 17.9 Å². The maximum atomic E-state index is 14.1. The van der Waals surface area contributed by atoms with Crippen LogP contribution in [0.1, 0.15) is 56.6 Å². The minimum absolute atomic E-state index is 0.0458. The molecule has 1 amide bonds. The van der Waals surface area contributed by atoms with Crippen molar-refractivity contribution >= 4 is 11.6 Å². The zero-order valence-electron chi connectivity index (χ0n) is 22.1. The van der Waals surface area contributed by atoms with Crippen LogP contribution in [0.5, 0.6) is 5.75 Å². The van der Waals surface area contributed by atoms with E-state index in [1.54, 1.807) is 14.2 Å². The van der Waals surface area contributed by atoms with E-state index in [0.29, 0.717) is 12.5 Å². The topological polar surface area (TPSA) is 38.8 Å². The van der Waals surface area contributed by atoms with E-state index in [1.807, 2.05) is 17.0 Å². The van der Waals surface area contributed by atoms with Crippen molar-refractivity contribution < 1.29 is 14.3 Å². The minimum Gasteiger partial charge on any atom is -0.497 e. The molecule has 4 heteroatoms. The van der Waals surface area contributed by atoms with E-state index >= 15 is 0 Å². The average Bonchev–Trinajstić information content (AvgIpc) is 3.13. The van der Waals surface area contributed by atoms with Crippen molar-refractivity contribution in [2.75, 3.05) is 25.7 Å². The van der Waals surface area contributed by atoms with E-state index in [1.165, 1.54) is 16.7 Å². The molecule has 0 aliphatic heterocycles. The number of carbonyl (C=O) groups is 1. The Kier molecular flexibility index (Phi) is 8.82. The lowest BCUT2D eigenvalue weighted by Gasteiger charge is -2.31. The van der Waals surface area contributed by atoms with Crippen LogP contribution < -0.4 is 9.64 Å². The summed E-state index contributed by atoms with van der Waals surface area (Å²) in [7, 11) is 3.40. The van der Waals surface area contributed by atoms with E-state index in [9.17, 15) is 4.79 Å². The molecule has 0 aromatic heterocycles. The molecule has 2 aliphatic rings. The first-order valence-corrected chi connectivity index (χ1v) is 13.2. The van der Waals surface area contributed by atoms with Gasteiger partial charge in [-0.1, -0.05) is 62.4 Å². The van der Waals surface area contributed by atoms with Gasteiger partial charge in [0.05, 0.1) is 19.1 Å². The molecule has 2 aromatic carbocycles. The molecule has 0 heterocycles. The summed E-state index contributed by atoms with van der Waals surface area (Å²) in [4.78, 5) is 16.2. The Morgan fingerprint density at radius 3 is 2.39 bits per heavy atom. The van der Waals surface area contributed by atoms with Crippen molar-refractivity contribution in [2.45, 2.75) is 58.0 Å². The molecule has 4 nitrogen and oxygen atoms in total. The number of hydrogen-bond donors (Lipinski definition) is 0. The van der Waals surface area contributed by atoms with Gasteiger partial charge in [-0.15, -0.1) is 0 Å². The summed E-state index contributed by atoms with van der Waals surface area (Å²) in [6.45, 7) is 5.08. The van der Waals surface area contributed by atoms with Crippen LogP contribution in [0.4, 0.5) is 5.69 Å². The second kappa shape index (κ2) is 12.2. The number of amides is 1. The molecule has 0 fully saturated rings. The number of benzene rings is 2. The van der Waals surface area contributed by atoms with Gasteiger partial charge in [0, 0.05) is 19.3 Å². The molecule has 36 heavy (non-hydrogen) atoms. The summed E-state index contributed by atoms with van der Waals surface area (Å²) >= 11 is 0. The number of nitrogens with zero attached hydrogens (tertiary/aromatic N) is 1. The van der Waals surface area contributed by atoms with Crippen LogP contribution in [0, 0.1) is 5.92 Å². The maximum absolute atomic E-state index is 14.1. The summed E-state index contributed by atoms with van der Waals surface area (Å²) < 4.78 is 10.8. The van der Waals surface area contributed by atoms with Gasteiger partial charge in [0.1, 0.15) is 5.75 Å². The normalized spacial score (nSPS) is 19.2. The van der Waals surface area contributed by atoms with Crippen LogP contribution in [-0.4, -0.2) is 32.8 Å². The van der Waals surface area contributed by atoms with Crippen LogP contribution in [-0.2, 0) is 16.0 Å². The Morgan fingerprint density at radius 2 is 1.72 bits per heavy atom. The third kappa shape index (κ3) is 6.17. The van der Waals surface area contributed by atoms with Crippen molar-refractivity contribution in [1.29, 1.82) is 0 Å². The minimum atomic E-state index is -0.129. The summed E-state index contributed by atoms with van der Waals surface area (Å²) in [5.41, 5.74) is 5.94. The molecule has 0 spiro atoms. The third-order valence-electron chi connectivity index (χ3n) is 7.35. The Bertz CT molecular complexity index is 1110. The molecule has 4 rings (SSSR count). The summed E-state index contributed by atoms with van der Waals surface area (Å²) in [5, 5.41) is 0. The molecule has 0 bridgehead atoms. The summed E-state index contributed by atoms with van der Waals surface area (Å²) in [6, 6.07) is 16.8. The van der Waals surface area contributed by atoms with Crippen molar-refractivity contribution in [3.05, 3.63) is 95.1 Å². The smallest absolute Gasteiger partial charge is 0.234 e. The first-order valence-electron chi connectivity index (χ1n) is 13.2. The van der Waals surface area contributed by atoms with Crippen LogP contribution in [0.2, 0.25) is 0 Å². The highest BCUT2D eigenvalue weighted by Gasteiger charge is 2.31. The number of allylic oxidation sites excluding steroid dienone is 3. The lowest BCUT2D eigenvalue weighted by Crippen LogP contribution is -2.39. The quantitative estimate of drug-likeness (QED) is 0.383. The Labute approximate surface area is 216 Å². The fourth-order valence-electron chi connectivity index (χ4n) is 5.14. The van der Waals surface area contributed by atoms with Crippen LogP contribution in [0.25, 0.3) is 0 Å². The number of anilines is 1. The lowest BCUT2D eigenvalue weighted by molar-refractivity contribution is -0.121. The highest BCUT2D eigenvalue weighted by atomic mass is 16.5. The number of methoxy groups -OCH3 is 2. The first kappa shape index (κ1) is 26.0. The molecule has 2 aliphatic carbocycles. The van der Waals surface area contributed by atoms with Crippen molar-refractivity contribution in [3.8, 4) is 5.75 Å². The van der Waals surface area contributed by atoms with Gasteiger partial charge in [0.25, 0.3) is 0 Å². The van der Waals surface area contributed by atoms with Gasteiger partial charge >= 0.3 is 0 Å². The van der Waals surface area contributed by atoms with E-state index < -0.39 is 0 Å².